The Morgan fingerprint density at radius 2 is 1.50 bits per heavy atom. The maximum Gasteiger partial charge on any atom is 0.326 e. The van der Waals surface area contributed by atoms with Crippen molar-refractivity contribution in [3.05, 3.63) is 12.2 Å². The molecule has 0 atom stereocenters. The quantitative estimate of drug-likeness (QED) is 0.344. The molecule has 7 heteroatoms. The van der Waals surface area contributed by atoms with Crippen LogP contribution >= 0.6 is 15.9 Å². The molecule has 0 unspecified atom stereocenters. The smallest absolute Gasteiger partial charge is 0.326 e. The number of carbonyl (C=O) groups is 2. The number of hydrogen-bond acceptors (Lipinski definition) is 4. The van der Waals surface area contributed by atoms with Gasteiger partial charge in [0, 0.05) is 0 Å². The molecule has 0 heterocycles. The summed E-state index contributed by atoms with van der Waals surface area (Å²) in [5.74, 6) is -1.96. The molecule has 0 aliphatic heterocycles. The third-order valence-corrected chi connectivity index (χ3v) is 2.09. The summed E-state index contributed by atoms with van der Waals surface area (Å²) in [5.41, 5.74) is -1.89. The van der Waals surface area contributed by atoms with Gasteiger partial charge in [-0.25, -0.2) is 0 Å². The molecule has 0 amide bonds. The van der Waals surface area contributed by atoms with Crippen LogP contribution in [0.1, 0.15) is 6.92 Å². The average molecular weight is 301 g/mol. The first-order chi connectivity index (χ1) is 7.17. The maximum absolute atomic E-state index is 12.5. The van der Waals surface area contributed by atoms with E-state index in [2.05, 4.69) is 9.47 Å². The minimum absolute atomic E-state index is 0.376. The largest absolute Gasteiger partial charge is 0.468 e. The summed E-state index contributed by atoms with van der Waals surface area (Å²) in [7, 11) is 2.09. The lowest BCUT2D eigenvalue weighted by Gasteiger charge is -2.20. The van der Waals surface area contributed by atoms with Gasteiger partial charge in [0.1, 0.15) is 0 Å². The van der Waals surface area contributed by atoms with Crippen molar-refractivity contribution in [2.45, 2.75) is 11.8 Å². The summed E-state index contributed by atoms with van der Waals surface area (Å²) in [6.07, 6.45) is 1.11. The minimum Gasteiger partial charge on any atom is -0.468 e. The number of alkyl halides is 3. The van der Waals surface area contributed by atoms with Crippen molar-refractivity contribution in [2.24, 2.45) is 5.41 Å². The summed E-state index contributed by atoms with van der Waals surface area (Å²) in [6.45, 7) is 1.12. The van der Waals surface area contributed by atoms with Gasteiger partial charge in [-0.3, -0.25) is 9.59 Å². The monoisotopic (exact) mass is 300 g/mol. The number of halogens is 3. The zero-order valence-corrected chi connectivity index (χ0v) is 10.5. The van der Waals surface area contributed by atoms with Gasteiger partial charge in [-0.1, -0.05) is 6.08 Å². The molecule has 0 saturated heterocycles. The van der Waals surface area contributed by atoms with Gasteiger partial charge < -0.3 is 9.47 Å². The lowest BCUT2D eigenvalue weighted by Crippen LogP contribution is -2.37. The number of allylic oxidation sites excluding steroid dienone is 1. The predicted molar refractivity (Wildman–Crippen MR) is 55.2 cm³/mol. The molecule has 0 aliphatic rings. The van der Waals surface area contributed by atoms with Gasteiger partial charge in [-0.15, -0.1) is 0 Å². The molecule has 92 valence electrons. The van der Waals surface area contributed by atoms with Crippen molar-refractivity contribution < 1.29 is 27.8 Å². The van der Waals surface area contributed by atoms with Crippen LogP contribution in [0.25, 0.3) is 0 Å². The van der Waals surface area contributed by atoms with Gasteiger partial charge in [0.15, 0.2) is 5.41 Å². The Morgan fingerprint density at radius 3 is 1.75 bits per heavy atom. The molecule has 0 saturated carbocycles. The highest BCUT2D eigenvalue weighted by Crippen LogP contribution is 2.28. The second kappa shape index (κ2) is 5.38. The molecule has 0 bridgehead atoms. The summed E-state index contributed by atoms with van der Waals surface area (Å²) >= 11 is 2.05. The molecule has 0 spiro atoms. The standard InChI is InChI=1S/C9H11BrF2O4/c1-8(6(13)15-2,7(14)16-3)4-5-9(10,11)12/h4-5H,1-3H3/b5-4+. The lowest BCUT2D eigenvalue weighted by molar-refractivity contribution is -0.163. The average Bonchev–Trinajstić information content (AvgIpc) is 2.22. The van der Waals surface area contributed by atoms with E-state index in [0.717, 1.165) is 27.2 Å². The van der Waals surface area contributed by atoms with Gasteiger partial charge >= 0.3 is 16.8 Å². The van der Waals surface area contributed by atoms with E-state index >= 15 is 0 Å². The van der Waals surface area contributed by atoms with E-state index in [0.29, 0.717) is 6.08 Å². The number of rotatable bonds is 4. The zero-order valence-electron chi connectivity index (χ0n) is 8.92. The second-order valence-electron chi connectivity index (χ2n) is 3.06. The highest BCUT2D eigenvalue weighted by molar-refractivity contribution is 9.10. The van der Waals surface area contributed by atoms with Crippen LogP contribution < -0.4 is 0 Å². The van der Waals surface area contributed by atoms with Crippen LogP contribution in [0.2, 0.25) is 0 Å². The summed E-state index contributed by atoms with van der Waals surface area (Å²) in [6, 6.07) is 0. The van der Waals surface area contributed by atoms with E-state index in [-0.39, 0.29) is 0 Å². The first kappa shape index (κ1) is 15.0. The van der Waals surface area contributed by atoms with Gasteiger partial charge in [-0.05, 0) is 28.9 Å². The van der Waals surface area contributed by atoms with Crippen LogP contribution in [0.5, 0.6) is 0 Å². The fourth-order valence-corrected chi connectivity index (χ4v) is 1.04. The number of esters is 2. The normalized spacial score (nSPS) is 12.6. The molecule has 4 nitrogen and oxygen atoms in total. The van der Waals surface area contributed by atoms with Crippen molar-refractivity contribution in [1.29, 1.82) is 0 Å². The van der Waals surface area contributed by atoms with Crippen LogP contribution in [0.15, 0.2) is 12.2 Å². The topological polar surface area (TPSA) is 52.6 Å². The van der Waals surface area contributed by atoms with Crippen LogP contribution in [-0.4, -0.2) is 31.0 Å². The Labute approximate surface area is 99.7 Å². The SMILES string of the molecule is COC(=O)C(C)(/C=C/C(F)(F)Br)C(=O)OC. The Balaban J connectivity index is 5.19. The maximum atomic E-state index is 12.5. The third-order valence-electron chi connectivity index (χ3n) is 1.82. The first-order valence-electron chi connectivity index (χ1n) is 4.11. The van der Waals surface area contributed by atoms with E-state index < -0.39 is 22.2 Å². The van der Waals surface area contributed by atoms with Crippen molar-refractivity contribution in [3.8, 4) is 0 Å². The van der Waals surface area contributed by atoms with Crippen molar-refractivity contribution in [3.63, 3.8) is 0 Å². The van der Waals surface area contributed by atoms with Gasteiger partial charge in [0.05, 0.1) is 14.2 Å². The Hall–Kier alpha value is -0.980. The molecule has 0 aromatic heterocycles. The Morgan fingerprint density at radius 1 is 1.12 bits per heavy atom. The predicted octanol–water partition coefficient (Wildman–Crippen LogP) is 1.88. The van der Waals surface area contributed by atoms with Gasteiger partial charge in [0.25, 0.3) is 0 Å². The van der Waals surface area contributed by atoms with Crippen LogP contribution in [0, 0.1) is 5.41 Å². The van der Waals surface area contributed by atoms with E-state index in [1.165, 1.54) is 0 Å². The van der Waals surface area contributed by atoms with Crippen molar-refractivity contribution >= 4 is 27.9 Å². The molecule has 16 heavy (non-hydrogen) atoms. The fraction of sp³-hybridized carbons (Fsp3) is 0.556. The molecule has 0 aliphatic carbocycles. The number of carbonyl (C=O) groups excluding carboxylic acids is 2. The van der Waals surface area contributed by atoms with E-state index in [4.69, 9.17) is 0 Å². The highest BCUT2D eigenvalue weighted by Gasteiger charge is 2.42. The summed E-state index contributed by atoms with van der Waals surface area (Å²) < 4.78 is 33.7. The number of methoxy groups -OCH3 is 2. The summed E-state index contributed by atoms with van der Waals surface area (Å²) in [5, 5.41) is 0. The van der Waals surface area contributed by atoms with Crippen LogP contribution in [-0.2, 0) is 19.1 Å². The van der Waals surface area contributed by atoms with E-state index in [1.54, 1.807) is 0 Å². The molecular weight excluding hydrogens is 290 g/mol. The highest BCUT2D eigenvalue weighted by atomic mass is 79.9. The van der Waals surface area contributed by atoms with E-state index in [1.807, 2.05) is 15.9 Å². The summed E-state index contributed by atoms with van der Waals surface area (Å²) in [4.78, 5) is 19.3. The van der Waals surface area contributed by atoms with Gasteiger partial charge in [0.2, 0.25) is 0 Å². The molecule has 0 aromatic carbocycles. The molecule has 0 radical (unpaired) electrons. The fourth-order valence-electron chi connectivity index (χ4n) is 0.905. The number of ether oxygens (including phenoxy) is 2. The Kier molecular flexibility index (Phi) is 5.05. The minimum atomic E-state index is -3.31. The van der Waals surface area contributed by atoms with Gasteiger partial charge in [-0.2, -0.15) is 8.78 Å². The molecule has 0 rings (SSSR count). The van der Waals surface area contributed by atoms with E-state index in [9.17, 15) is 18.4 Å². The Bertz CT molecular complexity index is 293. The molecule has 0 aromatic rings. The second-order valence-corrected chi connectivity index (χ2v) is 4.12. The molecule has 0 fully saturated rings. The zero-order chi connectivity index (χ0) is 13.0. The lowest BCUT2D eigenvalue weighted by atomic mass is 9.90. The molecule has 0 N–H and O–H groups in total. The number of hydrogen-bond donors (Lipinski definition) is 0. The first-order valence-corrected chi connectivity index (χ1v) is 4.90. The van der Waals surface area contributed by atoms with Crippen LogP contribution in [0.4, 0.5) is 8.78 Å². The third kappa shape index (κ3) is 3.88. The van der Waals surface area contributed by atoms with Crippen molar-refractivity contribution in [1.82, 2.24) is 0 Å². The molecular formula is C9H11BrF2O4. The van der Waals surface area contributed by atoms with Crippen LogP contribution in [0.3, 0.4) is 0 Å². The van der Waals surface area contributed by atoms with Crippen molar-refractivity contribution in [2.75, 3.05) is 14.2 Å².